The highest BCUT2D eigenvalue weighted by atomic mass is 19.1. The van der Waals surface area contributed by atoms with Crippen LogP contribution in [0.3, 0.4) is 0 Å². The van der Waals surface area contributed by atoms with Gasteiger partial charge >= 0.3 is 12.1 Å². The van der Waals surface area contributed by atoms with Crippen LogP contribution in [-0.2, 0) is 30.4 Å². The fourth-order valence-electron chi connectivity index (χ4n) is 13.7. The van der Waals surface area contributed by atoms with Gasteiger partial charge in [-0.05, 0) is 138 Å². The molecule has 1 saturated carbocycles. The lowest BCUT2D eigenvalue weighted by atomic mass is 9.88. The van der Waals surface area contributed by atoms with Crippen LogP contribution in [0.5, 0.6) is 11.8 Å². The maximum atomic E-state index is 17.0. The molecule has 4 aliphatic heterocycles. The molecule has 1 unspecified atom stereocenters. The average molecular weight is 1290 g/mol. The van der Waals surface area contributed by atoms with Gasteiger partial charge in [-0.25, -0.2) is 23.5 Å². The number of β-amino-alcohol motifs (C(OH)–C–C–N with tert-alkyl or cyclic N) is 1. The Hall–Kier alpha value is -8.58. The zero-order valence-corrected chi connectivity index (χ0v) is 54.7. The van der Waals surface area contributed by atoms with E-state index in [0.29, 0.717) is 94.2 Å². The Morgan fingerprint density at radius 3 is 2.38 bits per heavy atom. The van der Waals surface area contributed by atoms with E-state index < -0.39 is 47.5 Å². The molecule has 8 heterocycles. The molecule has 3 amide bonds. The number of rotatable bonds is 20. The Morgan fingerprint density at radius 1 is 0.904 bits per heavy atom. The molecule has 7 atom stereocenters. The number of anilines is 1. The van der Waals surface area contributed by atoms with Crippen LogP contribution in [0.4, 0.5) is 15.0 Å². The number of likely N-dealkylation sites (tertiary alicyclic amines) is 2. The Balaban J connectivity index is 0.817. The van der Waals surface area contributed by atoms with Crippen molar-refractivity contribution in [2.24, 2.45) is 5.92 Å². The number of aromatic nitrogens is 9. The first kappa shape index (κ1) is 64.1. The van der Waals surface area contributed by atoms with E-state index in [1.165, 1.54) is 9.58 Å². The van der Waals surface area contributed by atoms with Gasteiger partial charge in [-0.15, -0.1) is 5.10 Å². The summed E-state index contributed by atoms with van der Waals surface area (Å²) in [7, 11) is 1.99. The molecule has 5 aliphatic rings. The standard InChI is InChI=1S/C70H84FN13O10/c1-40(2)63(67(88)82-35-49(86)30-58(82)66(87)74-56(37-85)46-20-22-47(23-21-46)81-27-25-72-42(81)4)83-36-55(77-78-83)45-16-14-43(15-17-45)38-92-64-61(60-41(3)54(71)32-57-53(60)33-73-84(57)59-13-9-10-28-91-59)51(44-18-19-44)31-52-62(64)75-68(93-39-50-12-11-29-90-50)76-65(52)79(8)48-24-26-80(34-48)69(89)94-70(5,6)7/h14-17,20-23,25,27,31-33,36,40,44,48-50,56,58-59,63,85-86H,9-13,18-19,24,26,28-30,34-35,37-39H2,1-8H3,(H,74,87)/t48-,49+,50+,56-,58-,59?,63-/m0/s1. The summed E-state index contributed by atoms with van der Waals surface area (Å²) in [6.07, 6.45) is 12.2. The van der Waals surface area contributed by atoms with Crippen molar-refractivity contribution in [1.29, 1.82) is 0 Å². The largest absolute Gasteiger partial charge is 0.486 e. The molecular weight excluding hydrogens is 1200 g/mol. The summed E-state index contributed by atoms with van der Waals surface area (Å²) >= 11 is 0. The van der Waals surface area contributed by atoms with Gasteiger partial charge in [0.15, 0.2) is 12.0 Å². The van der Waals surface area contributed by atoms with Crippen LogP contribution in [0.2, 0.25) is 0 Å². The number of imidazole rings is 1. The van der Waals surface area contributed by atoms with Gasteiger partial charge in [0.2, 0.25) is 11.8 Å². The third-order valence-electron chi connectivity index (χ3n) is 18.9. The molecule has 5 fully saturated rings. The second-order valence-electron chi connectivity index (χ2n) is 27.1. The summed E-state index contributed by atoms with van der Waals surface area (Å²) in [4.78, 5) is 62.3. The second kappa shape index (κ2) is 26.7. The van der Waals surface area contributed by atoms with Crippen molar-refractivity contribution < 1.29 is 52.7 Å². The fraction of sp³-hybridized carbons (Fsp3) is 0.500. The maximum Gasteiger partial charge on any atom is 0.410 e. The third kappa shape index (κ3) is 13.2. The molecule has 4 aromatic carbocycles. The summed E-state index contributed by atoms with van der Waals surface area (Å²) in [5.74, 6) is 0.362. The number of hydrogen-bond donors (Lipinski definition) is 3. The van der Waals surface area contributed by atoms with Gasteiger partial charge in [0, 0.05) is 104 Å². The topological polar surface area (TPSA) is 252 Å². The molecule has 13 rings (SSSR count). The van der Waals surface area contributed by atoms with Gasteiger partial charge in [0.25, 0.3) is 0 Å². The molecule has 4 aromatic heterocycles. The summed E-state index contributed by atoms with van der Waals surface area (Å²) in [6, 6.07) is 16.2. The highest BCUT2D eigenvalue weighted by Crippen LogP contribution is 2.54. The SMILES string of the molecule is Cc1c(F)cc2c(cnn2C2CCCCO2)c1-c1c(C2CC2)cc2c(N(C)[C@H]3CCN(C(=O)OC(C)(C)C)C3)nc(OC[C@H]3CCCO3)nc2c1OCc1ccc(-c2cn([C@H](C(=O)N3C[C@H](O)C[C@H]3C(=O)N[C@@H](CO)c3ccc(-n4ccnc4C)cc3)C(C)C)nn2)cc1. The molecule has 1 aliphatic carbocycles. The Labute approximate surface area is 545 Å². The highest BCUT2D eigenvalue weighted by molar-refractivity contribution is 6.06. The number of nitrogens with zero attached hydrogens (tertiary/aromatic N) is 12. The van der Waals surface area contributed by atoms with Crippen LogP contribution < -0.4 is 19.7 Å². The molecular formula is C70H84FN13O10. The van der Waals surface area contributed by atoms with E-state index in [4.69, 9.17) is 38.8 Å². The zero-order chi connectivity index (χ0) is 65.7. The van der Waals surface area contributed by atoms with E-state index in [1.54, 1.807) is 30.3 Å². The smallest absolute Gasteiger partial charge is 0.410 e. The van der Waals surface area contributed by atoms with E-state index >= 15 is 4.39 Å². The molecule has 94 heavy (non-hydrogen) atoms. The van der Waals surface area contributed by atoms with Gasteiger partial charge in [-0.3, -0.25) is 9.59 Å². The molecule has 8 aromatic rings. The van der Waals surface area contributed by atoms with Crippen molar-refractivity contribution in [3.8, 4) is 39.8 Å². The predicted molar refractivity (Wildman–Crippen MR) is 349 cm³/mol. The number of likely N-dealkylation sites (N-methyl/N-ethyl adjacent to an activating group) is 1. The molecule has 0 spiro atoms. The zero-order valence-electron chi connectivity index (χ0n) is 54.7. The van der Waals surface area contributed by atoms with E-state index in [1.807, 2.05) is 119 Å². The van der Waals surface area contributed by atoms with Gasteiger partial charge in [0.05, 0.1) is 42.8 Å². The second-order valence-corrected chi connectivity index (χ2v) is 27.1. The molecule has 0 radical (unpaired) electrons. The first-order valence-corrected chi connectivity index (χ1v) is 33.0. The Morgan fingerprint density at radius 2 is 1.69 bits per heavy atom. The van der Waals surface area contributed by atoms with Gasteiger partial charge in [-0.2, -0.15) is 15.1 Å². The van der Waals surface area contributed by atoms with Crippen molar-refractivity contribution in [2.75, 3.05) is 58.0 Å². The number of aliphatic hydroxyl groups is 2. The molecule has 24 heteroatoms. The Kier molecular flexibility index (Phi) is 18.2. The van der Waals surface area contributed by atoms with Crippen LogP contribution >= 0.6 is 0 Å². The number of aryl methyl sites for hydroxylation is 1. The van der Waals surface area contributed by atoms with Gasteiger partial charge < -0.3 is 58.5 Å². The number of halogens is 1. The number of fused-ring (bicyclic) bond motifs is 2. The molecule has 0 bridgehead atoms. The summed E-state index contributed by atoms with van der Waals surface area (Å²) < 4.78 is 54.1. The van der Waals surface area contributed by atoms with Crippen LogP contribution in [0, 0.1) is 25.6 Å². The van der Waals surface area contributed by atoms with E-state index in [-0.39, 0.29) is 75.1 Å². The first-order chi connectivity index (χ1) is 45.3. The van der Waals surface area contributed by atoms with E-state index in [2.05, 4.69) is 31.6 Å². The monoisotopic (exact) mass is 1290 g/mol. The van der Waals surface area contributed by atoms with Crippen LogP contribution in [-0.4, -0.2) is 165 Å². The van der Waals surface area contributed by atoms with Crippen molar-refractivity contribution >= 4 is 45.5 Å². The minimum Gasteiger partial charge on any atom is -0.486 e. The number of carbonyl (C=O) groups is 3. The fourth-order valence-corrected chi connectivity index (χ4v) is 13.7. The lowest BCUT2D eigenvalue weighted by Gasteiger charge is -2.30. The average Bonchev–Trinajstić information content (AvgIpc) is 1.31. The van der Waals surface area contributed by atoms with Crippen molar-refractivity contribution in [1.82, 2.24) is 59.4 Å². The quantitative estimate of drug-likeness (QED) is 0.0642. The van der Waals surface area contributed by atoms with Crippen molar-refractivity contribution in [2.45, 2.75) is 167 Å². The minimum atomic E-state index is -1.01. The van der Waals surface area contributed by atoms with E-state index in [9.17, 15) is 24.6 Å². The third-order valence-corrected chi connectivity index (χ3v) is 18.9. The number of amides is 3. The van der Waals surface area contributed by atoms with Crippen molar-refractivity contribution in [3.05, 3.63) is 119 Å². The lowest BCUT2D eigenvalue weighted by Crippen LogP contribution is -2.50. The number of ether oxygens (including phenoxy) is 5. The van der Waals surface area contributed by atoms with Gasteiger partial charge in [-0.1, -0.05) is 55.5 Å². The number of carbonyl (C=O) groups excluding carboxylic acids is 3. The van der Waals surface area contributed by atoms with Crippen LogP contribution in [0.1, 0.15) is 145 Å². The van der Waals surface area contributed by atoms with E-state index in [0.717, 1.165) is 73.0 Å². The normalized spacial score (nSPS) is 20.7. The number of aliphatic hydroxyl groups excluding tert-OH is 2. The number of benzene rings is 4. The first-order valence-electron chi connectivity index (χ1n) is 33.0. The molecule has 4 saturated heterocycles. The number of hydrogen-bond acceptors (Lipinski definition) is 17. The van der Waals surface area contributed by atoms with Crippen LogP contribution in [0.15, 0.2) is 85.5 Å². The molecule has 23 nitrogen and oxygen atoms in total. The summed E-state index contributed by atoms with van der Waals surface area (Å²) in [5, 5.41) is 39.8. The lowest BCUT2D eigenvalue weighted by molar-refractivity contribution is -0.142. The highest BCUT2D eigenvalue weighted by Gasteiger charge is 2.44. The minimum absolute atomic E-state index is 0.0214. The number of nitrogens with one attached hydrogen (secondary N) is 1. The predicted octanol–water partition coefficient (Wildman–Crippen LogP) is 10.0. The molecule has 3 N–H and O–H groups in total. The molecule has 496 valence electrons. The summed E-state index contributed by atoms with van der Waals surface area (Å²) in [5.41, 5.74) is 6.75. The summed E-state index contributed by atoms with van der Waals surface area (Å²) in [6.45, 7) is 15.0. The maximum absolute atomic E-state index is 17.0. The van der Waals surface area contributed by atoms with Crippen LogP contribution in [0.25, 0.3) is 49.9 Å². The van der Waals surface area contributed by atoms with Crippen molar-refractivity contribution in [3.63, 3.8) is 0 Å². The Bertz CT molecular complexity index is 4070. The van der Waals surface area contributed by atoms with Gasteiger partial charge in [0.1, 0.15) is 59.6 Å².